The molecule has 1 saturated heterocycles. The molecule has 2 fully saturated rings. The fourth-order valence-electron chi connectivity index (χ4n) is 7.02. The van der Waals surface area contributed by atoms with Crippen LogP contribution in [0.4, 0.5) is 11.6 Å². The summed E-state index contributed by atoms with van der Waals surface area (Å²) >= 11 is 0. The zero-order valence-corrected chi connectivity index (χ0v) is 29.0. The Morgan fingerprint density at radius 1 is 1.07 bits per heavy atom. The maximum absolute atomic E-state index is 14.0. The summed E-state index contributed by atoms with van der Waals surface area (Å²) in [4.78, 5) is 40.4. The van der Waals surface area contributed by atoms with Gasteiger partial charge in [-0.3, -0.25) is 9.59 Å². The van der Waals surface area contributed by atoms with Crippen LogP contribution in [0.3, 0.4) is 0 Å². The quantitative estimate of drug-likeness (QED) is 0.390. The summed E-state index contributed by atoms with van der Waals surface area (Å²) in [6.45, 7) is 14.5. The first-order valence-corrected chi connectivity index (χ1v) is 18.2. The van der Waals surface area contributed by atoms with Gasteiger partial charge < -0.3 is 15.5 Å². The van der Waals surface area contributed by atoms with Crippen LogP contribution in [0.5, 0.6) is 0 Å². The van der Waals surface area contributed by atoms with Crippen molar-refractivity contribution in [3.8, 4) is 0 Å². The van der Waals surface area contributed by atoms with E-state index in [2.05, 4.69) is 62.2 Å². The molecule has 0 spiro atoms. The first-order chi connectivity index (χ1) is 21.6. The van der Waals surface area contributed by atoms with Crippen molar-refractivity contribution in [1.82, 2.24) is 19.6 Å². The van der Waals surface area contributed by atoms with Crippen LogP contribution in [-0.4, -0.2) is 60.3 Å². The minimum absolute atomic E-state index is 0.0396. The van der Waals surface area contributed by atoms with E-state index in [-0.39, 0.29) is 33.3 Å². The third-order valence-corrected chi connectivity index (χ3v) is 11.5. The summed E-state index contributed by atoms with van der Waals surface area (Å²) in [6.07, 6.45) is 10.2. The molecule has 0 bridgehead atoms. The summed E-state index contributed by atoms with van der Waals surface area (Å²) in [5.41, 5.74) is 7.91. The molecule has 0 aromatic carbocycles. The van der Waals surface area contributed by atoms with Crippen LogP contribution in [0.15, 0.2) is 35.4 Å². The molecule has 5 rings (SSSR count). The molecule has 3 aliphatic rings. The predicted molar refractivity (Wildman–Crippen MR) is 182 cm³/mol. The highest BCUT2D eigenvalue weighted by molar-refractivity contribution is 7.90. The van der Waals surface area contributed by atoms with Crippen molar-refractivity contribution in [3.63, 3.8) is 0 Å². The lowest BCUT2D eigenvalue weighted by atomic mass is 9.83. The average molecular weight is 651 g/mol. The van der Waals surface area contributed by atoms with Crippen LogP contribution >= 0.6 is 0 Å². The molecule has 250 valence electrons. The highest BCUT2D eigenvalue weighted by atomic mass is 32.2. The van der Waals surface area contributed by atoms with E-state index < -0.39 is 15.9 Å². The van der Waals surface area contributed by atoms with Gasteiger partial charge in [0.05, 0.1) is 11.3 Å². The van der Waals surface area contributed by atoms with Crippen LogP contribution in [-0.2, 0) is 20.2 Å². The number of nitrogens with zero attached hydrogens (tertiary/aromatic N) is 4. The van der Waals surface area contributed by atoms with Crippen LogP contribution in [0.2, 0.25) is 0 Å². The molecule has 1 atom stereocenters. The lowest BCUT2D eigenvalue weighted by Crippen LogP contribution is -2.44. The van der Waals surface area contributed by atoms with Gasteiger partial charge >= 0.3 is 0 Å². The summed E-state index contributed by atoms with van der Waals surface area (Å²) in [7, 11) is -4.31. The minimum atomic E-state index is -4.31. The number of nitrogens with two attached hydrogens (primary N) is 1. The van der Waals surface area contributed by atoms with Crippen molar-refractivity contribution < 1.29 is 18.0 Å². The van der Waals surface area contributed by atoms with E-state index >= 15 is 0 Å². The molecule has 1 aliphatic carbocycles. The minimum Gasteiger partial charge on any atom is -0.384 e. The first-order valence-electron chi connectivity index (χ1n) is 16.7. The largest absolute Gasteiger partial charge is 0.384 e. The number of amides is 2. The van der Waals surface area contributed by atoms with E-state index in [4.69, 9.17) is 10.7 Å². The fraction of sp³-hybridized carbons (Fsp3) is 0.600. The second-order valence-electron chi connectivity index (χ2n) is 14.9. The number of rotatable bonds is 7. The van der Waals surface area contributed by atoms with Crippen LogP contribution in [0, 0.1) is 11.8 Å². The third kappa shape index (κ3) is 7.09. The number of anilines is 2. The van der Waals surface area contributed by atoms with Gasteiger partial charge in [-0.2, -0.15) is 8.42 Å². The zero-order valence-electron chi connectivity index (χ0n) is 28.2. The van der Waals surface area contributed by atoms with Crippen molar-refractivity contribution in [3.05, 3.63) is 47.2 Å². The highest BCUT2D eigenvalue weighted by Gasteiger charge is 2.42. The van der Waals surface area contributed by atoms with E-state index in [0.717, 1.165) is 36.1 Å². The van der Waals surface area contributed by atoms with E-state index in [0.29, 0.717) is 50.1 Å². The molecule has 46 heavy (non-hydrogen) atoms. The number of pyridine rings is 2. The molecule has 2 aliphatic heterocycles. The number of carbonyl (C=O) groups is 2. The van der Waals surface area contributed by atoms with Gasteiger partial charge in [0.2, 0.25) is 5.91 Å². The van der Waals surface area contributed by atoms with E-state index in [1.165, 1.54) is 37.5 Å². The number of hydrogen-bond donors (Lipinski definition) is 2. The summed E-state index contributed by atoms with van der Waals surface area (Å²) in [5, 5.41) is -0.329. The monoisotopic (exact) mass is 650 g/mol. The molecule has 3 N–H and O–H groups in total. The average Bonchev–Trinajstić information content (AvgIpc) is 3.27. The number of aromatic nitrogens is 2. The SMILES string of the molecule is CC1CCN(c2nc(C(C)(C)C)c(C3=CCN(C(=O)CC4CCCCC4)CC3)cc2C(=O)NS(=O)(=O)c2cccc(N)n2)C1(C)C. The Bertz CT molecular complexity index is 1620. The van der Waals surface area contributed by atoms with Gasteiger partial charge in [0.1, 0.15) is 11.6 Å². The number of carbonyl (C=O) groups excluding carboxylic acids is 2. The van der Waals surface area contributed by atoms with Gasteiger partial charge in [-0.15, -0.1) is 0 Å². The molecule has 2 amide bonds. The van der Waals surface area contributed by atoms with Crippen molar-refractivity contribution in [2.24, 2.45) is 11.8 Å². The maximum atomic E-state index is 14.0. The lowest BCUT2D eigenvalue weighted by Gasteiger charge is -2.38. The first kappa shape index (κ1) is 33.9. The summed E-state index contributed by atoms with van der Waals surface area (Å²) in [5.74, 6) is 0.756. The van der Waals surface area contributed by atoms with E-state index in [1.807, 2.05) is 11.0 Å². The molecule has 4 heterocycles. The molecule has 1 unspecified atom stereocenters. The Kier molecular flexibility index (Phi) is 9.55. The van der Waals surface area contributed by atoms with Gasteiger partial charge in [-0.1, -0.05) is 59.1 Å². The normalized spacial score (nSPS) is 20.8. The van der Waals surface area contributed by atoms with E-state index in [1.54, 1.807) is 0 Å². The van der Waals surface area contributed by atoms with Crippen LogP contribution in [0.1, 0.15) is 115 Å². The van der Waals surface area contributed by atoms with Gasteiger partial charge in [-0.05, 0) is 75.1 Å². The van der Waals surface area contributed by atoms with Gasteiger partial charge in [-0.25, -0.2) is 14.7 Å². The molecule has 1 saturated carbocycles. The second kappa shape index (κ2) is 13.0. The Balaban J connectivity index is 1.53. The molecule has 2 aromatic heterocycles. The second-order valence-corrected chi connectivity index (χ2v) is 16.5. The highest BCUT2D eigenvalue weighted by Crippen LogP contribution is 2.42. The molecular weight excluding hydrogens is 600 g/mol. The molecule has 11 heteroatoms. The third-order valence-electron chi connectivity index (χ3n) is 10.2. The maximum Gasteiger partial charge on any atom is 0.281 e. The Labute approximate surface area is 274 Å². The van der Waals surface area contributed by atoms with Crippen molar-refractivity contribution >= 4 is 39.0 Å². The van der Waals surface area contributed by atoms with Crippen molar-refractivity contribution in [1.29, 1.82) is 0 Å². The van der Waals surface area contributed by atoms with Gasteiger partial charge in [0, 0.05) is 42.6 Å². The standard InChI is InChI=1S/C35H50N6O4S/c1-23-15-20-41(35(23,5)6)32-27(33(43)39-46(44,45)29-14-10-13-28(36)37-29)22-26(31(38-32)34(2,3)4)25-16-18-40(19-17-25)30(42)21-24-11-8-7-9-12-24/h10,13-14,16,22-24H,7-9,11-12,15,17-21H2,1-6H3,(H2,36,37)(H,39,43). The van der Waals surface area contributed by atoms with Crippen molar-refractivity contribution in [2.75, 3.05) is 30.3 Å². The number of sulfonamides is 1. The molecule has 0 radical (unpaired) electrons. The predicted octanol–water partition coefficient (Wildman–Crippen LogP) is 5.69. The zero-order chi connectivity index (χ0) is 33.4. The molecule has 10 nitrogen and oxygen atoms in total. The summed E-state index contributed by atoms with van der Waals surface area (Å²) in [6, 6.07) is 6.08. The van der Waals surface area contributed by atoms with Gasteiger partial charge in [0.15, 0.2) is 5.03 Å². The Hall–Kier alpha value is -3.47. The van der Waals surface area contributed by atoms with Crippen molar-refractivity contribution in [2.45, 2.75) is 109 Å². The lowest BCUT2D eigenvalue weighted by molar-refractivity contribution is -0.132. The van der Waals surface area contributed by atoms with E-state index in [9.17, 15) is 18.0 Å². The number of hydrogen-bond acceptors (Lipinski definition) is 8. The Morgan fingerprint density at radius 3 is 2.37 bits per heavy atom. The molecule has 2 aromatic rings. The topological polar surface area (TPSA) is 139 Å². The fourth-order valence-corrected chi connectivity index (χ4v) is 7.96. The number of nitrogen functional groups attached to an aromatic ring is 1. The van der Waals surface area contributed by atoms with Gasteiger partial charge in [0.25, 0.3) is 15.9 Å². The summed E-state index contributed by atoms with van der Waals surface area (Å²) < 4.78 is 28.8. The van der Waals surface area contributed by atoms with Crippen LogP contribution < -0.4 is 15.4 Å². The smallest absolute Gasteiger partial charge is 0.281 e. The Morgan fingerprint density at radius 2 is 1.78 bits per heavy atom. The number of nitrogens with one attached hydrogen (secondary N) is 1. The van der Waals surface area contributed by atoms with Crippen LogP contribution in [0.25, 0.3) is 5.57 Å². The molecular formula is C35H50N6O4S.